The number of esters is 1. The first-order valence-electron chi connectivity index (χ1n) is 7.43. The van der Waals surface area contributed by atoms with Crippen molar-refractivity contribution < 1.29 is 23.8 Å². The first-order valence-corrected chi connectivity index (χ1v) is 8.18. The Hall–Kier alpha value is -2.48. The van der Waals surface area contributed by atoms with Crippen LogP contribution >= 0.6 is 23.2 Å². The quantitative estimate of drug-likeness (QED) is 0.596. The van der Waals surface area contributed by atoms with Gasteiger partial charge in [0.2, 0.25) is 0 Å². The molecule has 3 rings (SSSR count). The number of rotatable bonds is 5. The molecule has 0 aromatic heterocycles. The molecular formula is C17H14Cl2N2O5. The summed E-state index contributed by atoms with van der Waals surface area (Å²) in [5, 5.41) is 0.617. The number of cyclic esters (lactones) is 1. The molecule has 2 aromatic carbocycles. The Morgan fingerprint density at radius 1 is 1.15 bits per heavy atom. The normalized spacial score (nSPS) is 15.2. The van der Waals surface area contributed by atoms with Crippen molar-refractivity contribution in [2.45, 2.75) is 6.23 Å². The van der Waals surface area contributed by atoms with Gasteiger partial charge in [-0.15, -0.1) is 0 Å². The summed E-state index contributed by atoms with van der Waals surface area (Å²) in [7, 11) is 2.90. The maximum absolute atomic E-state index is 12.3. The van der Waals surface area contributed by atoms with E-state index in [9.17, 15) is 9.59 Å². The van der Waals surface area contributed by atoms with E-state index in [-0.39, 0.29) is 21.9 Å². The highest BCUT2D eigenvalue weighted by Crippen LogP contribution is 2.40. The molecule has 1 aliphatic heterocycles. The molecule has 0 fully saturated rings. The van der Waals surface area contributed by atoms with Gasteiger partial charge in [0.25, 0.3) is 5.91 Å². The molecule has 1 amide bonds. The molecule has 2 aromatic rings. The number of carbonyl (C=O) groups is 2. The molecule has 0 radical (unpaired) electrons. The van der Waals surface area contributed by atoms with Crippen molar-refractivity contribution >= 4 is 35.1 Å². The largest absolute Gasteiger partial charge is 0.493 e. The van der Waals surface area contributed by atoms with Crippen LogP contribution < -0.4 is 20.3 Å². The van der Waals surface area contributed by atoms with Crippen LogP contribution in [0.3, 0.4) is 0 Å². The van der Waals surface area contributed by atoms with Crippen LogP contribution in [0.15, 0.2) is 30.3 Å². The Bertz CT molecular complexity index is 888. The lowest BCUT2D eigenvalue weighted by Gasteiger charge is -2.15. The molecule has 136 valence electrons. The zero-order valence-electron chi connectivity index (χ0n) is 13.8. The first-order chi connectivity index (χ1) is 12.5. The standard InChI is InChI=1S/C17H14Cl2N2O5/c1-24-12-6-5-10-13(14(12)25-2)17(23)26-16(10)21-20-15(22)9-4-3-8(18)7-11(9)19/h3-7,16,21H,1-2H3,(H,20,22)/t16-/m1/s1. The number of amides is 1. The maximum Gasteiger partial charge on any atom is 0.344 e. The van der Waals surface area contributed by atoms with Gasteiger partial charge in [-0.25, -0.2) is 4.79 Å². The molecule has 0 aliphatic carbocycles. The summed E-state index contributed by atoms with van der Waals surface area (Å²) in [6.07, 6.45) is -0.882. The van der Waals surface area contributed by atoms with Crippen LogP contribution in [0.1, 0.15) is 32.5 Å². The van der Waals surface area contributed by atoms with E-state index in [1.54, 1.807) is 18.2 Å². The summed E-state index contributed by atoms with van der Waals surface area (Å²) >= 11 is 11.8. The van der Waals surface area contributed by atoms with Crippen LogP contribution in [0.2, 0.25) is 10.0 Å². The van der Waals surface area contributed by atoms with Gasteiger partial charge >= 0.3 is 5.97 Å². The SMILES string of the molecule is COc1ccc2c(c1OC)C(=O)O[C@H]2NNC(=O)c1ccc(Cl)cc1Cl. The fourth-order valence-electron chi connectivity index (χ4n) is 2.58. The zero-order chi connectivity index (χ0) is 18.8. The summed E-state index contributed by atoms with van der Waals surface area (Å²) in [6, 6.07) is 7.79. The zero-order valence-corrected chi connectivity index (χ0v) is 15.3. The molecule has 1 aliphatic rings. The van der Waals surface area contributed by atoms with Gasteiger partial charge in [0.15, 0.2) is 17.7 Å². The van der Waals surface area contributed by atoms with Gasteiger partial charge in [-0.3, -0.25) is 10.2 Å². The second-order valence-electron chi connectivity index (χ2n) is 5.27. The average Bonchev–Trinajstić information content (AvgIpc) is 2.95. The Labute approximate surface area is 159 Å². The molecule has 0 saturated carbocycles. The summed E-state index contributed by atoms with van der Waals surface area (Å²) in [5.74, 6) is -0.420. The highest BCUT2D eigenvalue weighted by atomic mass is 35.5. The van der Waals surface area contributed by atoms with Crippen molar-refractivity contribution in [1.82, 2.24) is 10.9 Å². The molecule has 0 spiro atoms. The first kappa shape index (κ1) is 18.3. The highest BCUT2D eigenvalue weighted by Gasteiger charge is 2.36. The second kappa shape index (κ2) is 7.41. The topological polar surface area (TPSA) is 85.9 Å². The fraction of sp³-hybridized carbons (Fsp3) is 0.176. The van der Waals surface area contributed by atoms with Crippen molar-refractivity contribution in [3.05, 3.63) is 57.1 Å². The molecule has 0 unspecified atom stereocenters. The number of benzene rings is 2. The highest BCUT2D eigenvalue weighted by molar-refractivity contribution is 6.36. The predicted molar refractivity (Wildman–Crippen MR) is 94.8 cm³/mol. The van der Waals surface area contributed by atoms with Crippen molar-refractivity contribution in [3.63, 3.8) is 0 Å². The van der Waals surface area contributed by atoms with Crippen LogP contribution in [0, 0.1) is 0 Å². The van der Waals surface area contributed by atoms with E-state index in [1.165, 1.54) is 26.4 Å². The van der Waals surface area contributed by atoms with Crippen LogP contribution in [0.25, 0.3) is 0 Å². The van der Waals surface area contributed by atoms with E-state index in [2.05, 4.69) is 10.9 Å². The van der Waals surface area contributed by atoms with Crippen LogP contribution in [-0.4, -0.2) is 26.1 Å². The third kappa shape index (κ3) is 3.29. The number of methoxy groups -OCH3 is 2. The lowest BCUT2D eigenvalue weighted by atomic mass is 10.1. The van der Waals surface area contributed by atoms with E-state index in [1.807, 2.05) is 0 Å². The number of carbonyl (C=O) groups excluding carboxylic acids is 2. The monoisotopic (exact) mass is 396 g/mol. The van der Waals surface area contributed by atoms with Crippen LogP contribution in [0.5, 0.6) is 11.5 Å². The summed E-state index contributed by atoms with van der Waals surface area (Å²) in [4.78, 5) is 24.4. The Morgan fingerprint density at radius 3 is 2.58 bits per heavy atom. The molecule has 26 heavy (non-hydrogen) atoms. The summed E-state index contributed by atoms with van der Waals surface area (Å²) in [5.41, 5.74) is 6.10. The molecule has 7 nitrogen and oxygen atoms in total. The Morgan fingerprint density at radius 2 is 1.92 bits per heavy atom. The van der Waals surface area contributed by atoms with Gasteiger partial charge in [-0.1, -0.05) is 23.2 Å². The molecule has 1 heterocycles. The maximum atomic E-state index is 12.3. The molecule has 2 N–H and O–H groups in total. The molecular weight excluding hydrogens is 383 g/mol. The average molecular weight is 397 g/mol. The van der Waals surface area contributed by atoms with Gasteiger partial charge in [-0.05, 0) is 30.3 Å². The van der Waals surface area contributed by atoms with Gasteiger partial charge in [0.1, 0.15) is 5.56 Å². The lowest BCUT2D eigenvalue weighted by molar-refractivity contribution is 0.0260. The Kier molecular flexibility index (Phi) is 5.22. The number of halogens is 2. The number of ether oxygens (including phenoxy) is 3. The minimum Gasteiger partial charge on any atom is -0.493 e. The van der Waals surface area contributed by atoms with Crippen molar-refractivity contribution in [3.8, 4) is 11.5 Å². The van der Waals surface area contributed by atoms with Crippen molar-refractivity contribution in [1.29, 1.82) is 0 Å². The van der Waals surface area contributed by atoms with Crippen LogP contribution in [0.4, 0.5) is 0 Å². The van der Waals surface area contributed by atoms with E-state index >= 15 is 0 Å². The van der Waals surface area contributed by atoms with Crippen molar-refractivity contribution in [2.24, 2.45) is 0 Å². The van der Waals surface area contributed by atoms with E-state index in [0.29, 0.717) is 16.3 Å². The third-order valence-corrected chi connectivity index (χ3v) is 4.33. The smallest absolute Gasteiger partial charge is 0.344 e. The lowest BCUT2D eigenvalue weighted by Crippen LogP contribution is -2.40. The molecule has 1 atom stereocenters. The second-order valence-corrected chi connectivity index (χ2v) is 6.12. The minimum absolute atomic E-state index is 0.201. The molecule has 0 bridgehead atoms. The minimum atomic E-state index is -0.882. The van der Waals surface area contributed by atoms with Crippen molar-refractivity contribution in [2.75, 3.05) is 14.2 Å². The number of hydrazine groups is 1. The van der Waals surface area contributed by atoms with Crippen LogP contribution in [-0.2, 0) is 4.74 Å². The van der Waals surface area contributed by atoms with Gasteiger partial charge in [-0.2, -0.15) is 5.43 Å². The van der Waals surface area contributed by atoms with E-state index in [4.69, 9.17) is 37.4 Å². The predicted octanol–water partition coefficient (Wildman–Crippen LogP) is 3.11. The number of nitrogens with one attached hydrogen (secondary N) is 2. The van der Waals surface area contributed by atoms with Gasteiger partial charge in [0, 0.05) is 10.6 Å². The molecule has 0 saturated heterocycles. The summed E-state index contributed by atoms with van der Waals surface area (Å²) in [6.45, 7) is 0. The van der Waals surface area contributed by atoms with Gasteiger partial charge in [0.05, 0.1) is 24.8 Å². The van der Waals surface area contributed by atoms with E-state index < -0.39 is 18.1 Å². The Balaban J connectivity index is 1.79. The third-order valence-electron chi connectivity index (χ3n) is 3.78. The summed E-state index contributed by atoms with van der Waals surface area (Å²) < 4.78 is 15.7. The fourth-order valence-corrected chi connectivity index (χ4v) is 3.07. The number of hydrogen-bond donors (Lipinski definition) is 2. The number of fused-ring (bicyclic) bond motifs is 1. The van der Waals surface area contributed by atoms with E-state index in [0.717, 1.165) is 0 Å². The van der Waals surface area contributed by atoms with Gasteiger partial charge < -0.3 is 14.2 Å². The number of hydrogen-bond acceptors (Lipinski definition) is 6. The molecule has 9 heteroatoms.